The molecule has 1 saturated heterocycles. The van der Waals surface area contributed by atoms with Crippen LogP contribution in [0.2, 0.25) is 0 Å². The second kappa shape index (κ2) is 4.37. The normalized spacial score (nSPS) is 20.7. The van der Waals surface area contributed by atoms with Crippen molar-refractivity contribution in [3.8, 4) is 0 Å². The third kappa shape index (κ3) is 2.61. The first kappa shape index (κ1) is 12.3. The average Bonchev–Trinajstić information content (AvgIpc) is 2.32. The highest BCUT2D eigenvalue weighted by Gasteiger charge is 2.38. The molecule has 3 heteroatoms. The van der Waals surface area contributed by atoms with Gasteiger partial charge in [-0.3, -0.25) is 4.79 Å². The van der Waals surface area contributed by atoms with Crippen molar-refractivity contribution in [3.05, 3.63) is 0 Å². The molecule has 82 valence electrons. The molecule has 1 aliphatic heterocycles. The van der Waals surface area contributed by atoms with E-state index < -0.39 is 0 Å². The summed E-state index contributed by atoms with van der Waals surface area (Å²) < 4.78 is 0.159. The van der Waals surface area contributed by atoms with E-state index in [9.17, 15) is 4.79 Å². The molecule has 0 N–H and O–H groups in total. The van der Waals surface area contributed by atoms with Gasteiger partial charge in [-0.15, -0.1) is 0 Å². The molecule has 0 aromatic rings. The van der Waals surface area contributed by atoms with Crippen LogP contribution in [0.25, 0.3) is 0 Å². The Kier molecular flexibility index (Phi) is 3.83. The van der Waals surface area contributed by atoms with Gasteiger partial charge in [-0.05, 0) is 26.2 Å². The minimum absolute atomic E-state index is 0.159. The summed E-state index contributed by atoms with van der Waals surface area (Å²) in [6.07, 6.45) is 1.78. The number of halogens is 1. The van der Waals surface area contributed by atoms with Crippen molar-refractivity contribution >= 4 is 28.5 Å². The van der Waals surface area contributed by atoms with E-state index in [-0.39, 0.29) is 3.42 Å². The van der Waals surface area contributed by atoms with Crippen LogP contribution in [0.15, 0.2) is 0 Å². The van der Waals surface area contributed by atoms with Crippen molar-refractivity contribution in [2.24, 2.45) is 5.92 Å². The van der Waals surface area contributed by atoms with E-state index in [0.717, 1.165) is 19.4 Å². The van der Waals surface area contributed by atoms with Crippen LogP contribution in [0.5, 0.6) is 0 Å². The maximum Gasteiger partial charge on any atom is 0.222 e. The van der Waals surface area contributed by atoms with Gasteiger partial charge in [0.2, 0.25) is 5.91 Å². The summed E-state index contributed by atoms with van der Waals surface area (Å²) in [6, 6.07) is 0.373. The molecule has 2 nitrogen and oxygen atoms in total. The minimum Gasteiger partial charge on any atom is -0.338 e. The summed E-state index contributed by atoms with van der Waals surface area (Å²) in [5.74, 6) is 0.873. The number of likely N-dealkylation sites (tertiary alicyclic amines) is 1. The Morgan fingerprint density at radius 2 is 2.00 bits per heavy atom. The van der Waals surface area contributed by atoms with Gasteiger partial charge in [-0.25, -0.2) is 0 Å². The summed E-state index contributed by atoms with van der Waals surface area (Å²) in [4.78, 5) is 13.8. The topological polar surface area (TPSA) is 20.3 Å². The van der Waals surface area contributed by atoms with Crippen molar-refractivity contribution in [1.82, 2.24) is 4.90 Å². The third-order valence-corrected chi connectivity index (χ3v) is 3.42. The lowest BCUT2D eigenvalue weighted by molar-refractivity contribution is -0.130. The van der Waals surface area contributed by atoms with Gasteiger partial charge in [0.25, 0.3) is 0 Å². The molecule has 0 aromatic carbocycles. The Morgan fingerprint density at radius 1 is 1.43 bits per heavy atom. The van der Waals surface area contributed by atoms with Crippen LogP contribution in [0, 0.1) is 5.92 Å². The molecule has 1 heterocycles. The summed E-state index contributed by atoms with van der Waals surface area (Å²) in [5, 5.41) is 0. The molecular formula is C11H20INO. The number of alkyl halides is 1. The Hall–Kier alpha value is 0.200. The number of amides is 1. The molecule has 1 rings (SSSR count). The lowest BCUT2D eigenvalue weighted by atomic mass is 9.92. The molecule has 1 aliphatic rings. The van der Waals surface area contributed by atoms with Gasteiger partial charge in [0, 0.05) is 22.4 Å². The number of carbonyl (C=O) groups excluding carboxylic acids is 1. The van der Waals surface area contributed by atoms with Gasteiger partial charge in [-0.1, -0.05) is 36.4 Å². The number of hydrogen-bond donors (Lipinski definition) is 0. The molecule has 0 bridgehead atoms. The first-order valence-corrected chi connectivity index (χ1v) is 6.40. The number of hydrogen-bond acceptors (Lipinski definition) is 1. The van der Waals surface area contributed by atoms with Gasteiger partial charge in [0.15, 0.2) is 0 Å². The number of rotatable bonds is 3. The lowest BCUT2D eigenvalue weighted by Gasteiger charge is -2.39. The maximum absolute atomic E-state index is 11.7. The van der Waals surface area contributed by atoms with Crippen molar-refractivity contribution < 1.29 is 4.79 Å². The van der Waals surface area contributed by atoms with Crippen molar-refractivity contribution in [2.75, 3.05) is 6.54 Å². The van der Waals surface area contributed by atoms with Gasteiger partial charge in [-0.2, -0.15) is 0 Å². The van der Waals surface area contributed by atoms with Crippen LogP contribution in [0.1, 0.15) is 40.5 Å². The second-order valence-corrected chi connectivity index (χ2v) is 7.72. The quantitative estimate of drug-likeness (QED) is 0.580. The van der Waals surface area contributed by atoms with Gasteiger partial charge in [0.1, 0.15) is 0 Å². The number of carbonyl (C=O) groups is 1. The smallest absolute Gasteiger partial charge is 0.222 e. The summed E-state index contributed by atoms with van der Waals surface area (Å²) in [7, 11) is 0. The predicted molar refractivity (Wildman–Crippen MR) is 67.7 cm³/mol. The highest BCUT2D eigenvalue weighted by molar-refractivity contribution is 14.1. The molecule has 0 radical (unpaired) electrons. The summed E-state index contributed by atoms with van der Waals surface area (Å²) in [5.41, 5.74) is 0. The fraction of sp³-hybridized carbons (Fsp3) is 0.909. The Labute approximate surface area is 101 Å². The Morgan fingerprint density at radius 3 is 2.29 bits per heavy atom. The highest BCUT2D eigenvalue weighted by Crippen LogP contribution is 2.33. The molecule has 0 aliphatic carbocycles. The lowest BCUT2D eigenvalue weighted by Crippen LogP contribution is -2.49. The second-order valence-electron chi connectivity index (χ2n) is 4.94. The van der Waals surface area contributed by atoms with Crippen molar-refractivity contribution in [1.29, 1.82) is 0 Å². The van der Waals surface area contributed by atoms with E-state index in [1.807, 2.05) is 0 Å². The van der Waals surface area contributed by atoms with Crippen LogP contribution < -0.4 is 0 Å². The van der Waals surface area contributed by atoms with Crippen LogP contribution in [0.4, 0.5) is 0 Å². The summed E-state index contributed by atoms with van der Waals surface area (Å²) in [6.45, 7) is 9.79. The van der Waals surface area contributed by atoms with Gasteiger partial charge < -0.3 is 4.90 Å². The highest BCUT2D eigenvalue weighted by atomic mass is 127. The van der Waals surface area contributed by atoms with E-state index in [2.05, 4.69) is 55.2 Å². The molecule has 1 fully saturated rings. The van der Waals surface area contributed by atoms with Crippen LogP contribution >= 0.6 is 22.6 Å². The molecule has 0 aromatic heterocycles. The van der Waals surface area contributed by atoms with E-state index in [1.54, 1.807) is 0 Å². The monoisotopic (exact) mass is 309 g/mol. The fourth-order valence-electron chi connectivity index (χ4n) is 2.49. The van der Waals surface area contributed by atoms with E-state index in [0.29, 0.717) is 17.9 Å². The van der Waals surface area contributed by atoms with Gasteiger partial charge in [0.05, 0.1) is 0 Å². The molecular weight excluding hydrogens is 289 g/mol. The first-order valence-electron chi connectivity index (χ1n) is 5.32. The molecule has 1 unspecified atom stereocenters. The fourth-order valence-corrected chi connectivity index (χ4v) is 3.54. The van der Waals surface area contributed by atoms with E-state index in [4.69, 9.17) is 0 Å². The van der Waals surface area contributed by atoms with Crippen LogP contribution in [0.3, 0.4) is 0 Å². The third-order valence-electron chi connectivity index (χ3n) is 2.78. The maximum atomic E-state index is 11.7. The average molecular weight is 309 g/mol. The Bertz CT molecular complexity index is 220. The molecule has 1 atom stereocenters. The zero-order valence-electron chi connectivity index (χ0n) is 9.51. The SMILES string of the molecule is CC(C)C(N1CCCC1=O)C(C)(C)I. The largest absolute Gasteiger partial charge is 0.338 e. The summed E-state index contributed by atoms with van der Waals surface area (Å²) >= 11 is 2.46. The molecule has 0 saturated carbocycles. The van der Waals surface area contributed by atoms with Crippen LogP contribution in [-0.2, 0) is 4.79 Å². The van der Waals surface area contributed by atoms with Crippen molar-refractivity contribution in [3.63, 3.8) is 0 Å². The minimum atomic E-state index is 0.159. The van der Waals surface area contributed by atoms with E-state index in [1.165, 1.54) is 0 Å². The first-order chi connectivity index (χ1) is 6.34. The molecule has 14 heavy (non-hydrogen) atoms. The molecule has 0 spiro atoms. The zero-order valence-corrected chi connectivity index (χ0v) is 11.7. The van der Waals surface area contributed by atoms with Crippen molar-refractivity contribution in [2.45, 2.75) is 50.0 Å². The Balaban J connectivity index is 2.83. The standard InChI is InChI=1S/C11H20INO/c1-8(2)10(11(3,4)12)13-7-5-6-9(13)14/h8,10H,5-7H2,1-4H3. The van der Waals surface area contributed by atoms with E-state index >= 15 is 0 Å². The molecule has 1 amide bonds. The van der Waals surface area contributed by atoms with Gasteiger partial charge >= 0.3 is 0 Å². The predicted octanol–water partition coefficient (Wildman–Crippen LogP) is 2.85. The van der Waals surface area contributed by atoms with Crippen LogP contribution in [-0.4, -0.2) is 26.8 Å². The zero-order chi connectivity index (χ0) is 10.9. The number of nitrogens with zero attached hydrogens (tertiary/aromatic N) is 1.